The Kier molecular flexibility index (Phi) is 450. The van der Waals surface area contributed by atoms with Crippen LogP contribution in [0, 0.1) is 0 Å². The van der Waals surface area contributed by atoms with Crippen molar-refractivity contribution >= 4 is 0 Å². The van der Waals surface area contributed by atoms with E-state index >= 15 is 0 Å². The van der Waals surface area contributed by atoms with Crippen LogP contribution >= 0.6 is 0 Å². The fraction of sp³-hybridized carbons (Fsp3) is 0. The van der Waals surface area contributed by atoms with Gasteiger partial charge in [0.1, 0.15) is 0 Å². The van der Waals surface area contributed by atoms with Crippen LogP contribution in [0.3, 0.4) is 0 Å². The van der Waals surface area contributed by atoms with E-state index in [-0.39, 0.29) is 53.0 Å². The zero-order valence-corrected chi connectivity index (χ0v) is 4.06. The molecule has 0 aromatic heterocycles. The second-order valence-electron chi connectivity index (χ2n) is 0. The van der Waals surface area contributed by atoms with Crippen molar-refractivity contribution in [2.75, 3.05) is 0 Å². The molecule has 22 valence electrons. The second-order valence-corrected chi connectivity index (χ2v) is 0. The van der Waals surface area contributed by atoms with Gasteiger partial charge in [-0.2, -0.15) is 0 Å². The first kappa shape index (κ1) is 61.8. The molecule has 0 spiro atoms. The molecule has 0 heterocycles. The van der Waals surface area contributed by atoms with Crippen LogP contribution in [0.4, 0.5) is 0 Å². The van der Waals surface area contributed by atoms with Crippen molar-refractivity contribution in [3.05, 3.63) is 0 Å². The molecule has 0 aromatic rings. The summed E-state index contributed by atoms with van der Waals surface area (Å²) in [6.45, 7) is 0. The summed E-state index contributed by atoms with van der Waals surface area (Å²) in [5.74, 6) is 0. The zero-order chi connectivity index (χ0) is 0. The molecule has 4 N–H and O–H groups in total. The summed E-state index contributed by atoms with van der Waals surface area (Å²) in [5, 5.41) is 0. The first-order valence-electron chi connectivity index (χ1n) is 0. The molecule has 0 saturated heterocycles. The standard InChI is InChI=1S/Li.2H2O.Ti.H/h;2*1H2;;/q+1;;;;-1. The van der Waals surface area contributed by atoms with Gasteiger partial charge in [0.05, 0.1) is 0 Å². The van der Waals surface area contributed by atoms with Crippen LogP contribution in [0.5, 0.6) is 0 Å². The smallest absolute Gasteiger partial charge is 1.00 e. The van der Waals surface area contributed by atoms with Gasteiger partial charge < -0.3 is 12.4 Å². The molecule has 0 fully saturated rings. The molecule has 0 unspecified atom stereocenters. The summed E-state index contributed by atoms with van der Waals surface area (Å²) in [7, 11) is 0. The summed E-state index contributed by atoms with van der Waals surface area (Å²) in [5.41, 5.74) is 0. The predicted octanol–water partition coefficient (Wildman–Crippen LogP) is -4.54. The maximum Gasteiger partial charge on any atom is 1.00 e. The van der Waals surface area contributed by atoms with Gasteiger partial charge >= 0.3 is 18.9 Å². The molecule has 0 rings (SSSR count). The van der Waals surface area contributed by atoms with Gasteiger partial charge in [-0.05, 0) is 0 Å². The van der Waals surface area contributed by atoms with E-state index < -0.39 is 0 Å². The minimum absolute atomic E-state index is 0. The van der Waals surface area contributed by atoms with Crippen LogP contribution in [-0.4, -0.2) is 11.0 Å². The van der Waals surface area contributed by atoms with Crippen molar-refractivity contribution in [2.24, 2.45) is 0 Å². The molecule has 0 aromatic carbocycles. The van der Waals surface area contributed by atoms with Gasteiger partial charge in [0.2, 0.25) is 0 Å². The first-order chi connectivity index (χ1) is 0. The fourth-order valence-corrected chi connectivity index (χ4v) is 0. The molecule has 0 aliphatic heterocycles. The molecule has 2 nitrogen and oxygen atoms in total. The van der Waals surface area contributed by atoms with Crippen LogP contribution in [0.25, 0.3) is 0 Å². The van der Waals surface area contributed by atoms with Crippen LogP contribution < -0.4 is 18.9 Å². The molecule has 0 aliphatic carbocycles. The molecule has 0 atom stereocenters. The van der Waals surface area contributed by atoms with E-state index in [1.807, 2.05) is 0 Å². The van der Waals surface area contributed by atoms with E-state index in [9.17, 15) is 0 Å². The van der Waals surface area contributed by atoms with E-state index in [2.05, 4.69) is 0 Å². The Morgan fingerprint density at radius 3 is 1.00 bits per heavy atom. The monoisotopic (exact) mass is 92.0 g/mol. The Hall–Kier alpha value is 1.23. The van der Waals surface area contributed by atoms with Crippen LogP contribution in [0.2, 0.25) is 0 Å². The molecule has 4 heavy (non-hydrogen) atoms. The van der Waals surface area contributed by atoms with Crippen molar-refractivity contribution in [3.8, 4) is 0 Å². The first-order valence-corrected chi connectivity index (χ1v) is 0. The summed E-state index contributed by atoms with van der Waals surface area (Å²) in [6.07, 6.45) is 0. The Labute approximate surface area is 53.1 Å². The fourth-order valence-electron chi connectivity index (χ4n) is 0. The maximum absolute atomic E-state index is 0. The van der Waals surface area contributed by atoms with Gasteiger partial charge in [-0.3, -0.25) is 0 Å². The largest absolute Gasteiger partial charge is 1.00 e. The van der Waals surface area contributed by atoms with Crippen molar-refractivity contribution in [1.29, 1.82) is 0 Å². The van der Waals surface area contributed by atoms with Gasteiger partial charge in [0, 0.05) is 21.7 Å². The molecular weight excluding hydrogens is 86.8 g/mol. The molecule has 0 saturated carbocycles. The van der Waals surface area contributed by atoms with E-state index in [1.54, 1.807) is 0 Å². The third kappa shape index (κ3) is 10.6. The van der Waals surface area contributed by atoms with Crippen molar-refractivity contribution < 1.29 is 53.0 Å². The van der Waals surface area contributed by atoms with Gasteiger partial charge in [0.25, 0.3) is 0 Å². The predicted molar refractivity (Wildman–Crippen MR) is 8.34 cm³/mol. The molecule has 0 aliphatic rings. The normalized spacial score (nSPS) is 0. The average Bonchev–Trinajstić information content (AvgIpc) is 0. The Balaban J connectivity index is 0. The van der Waals surface area contributed by atoms with E-state index in [0.29, 0.717) is 0 Å². The SMILES string of the molecule is O.O.[H-].[Li+].[Ti]. The Bertz CT molecular complexity index is 9.61. The van der Waals surface area contributed by atoms with E-state index in [1.165, 1.54) is 0 Å². The zero-order valence-electron chi connectivity index (χ0n) is 3.50. The summed E-state index contributed by atoms with van der Waals surface area (Å²) in [4.78, 5) is 0. The number of hydrogen-bond donors (Lipinski definition) is 0. The topological polar surface area (TPSA) is 63.0 Å². The van der Waals surface area contributed by atoms with Crippen molar-refractivity contribution in [3.63, 3.8) is 0 Å². The Morgan fingerprint density at radius 1 is 1.00 bits per heavy atom. The Morgan fingerprint density at radius 2 is 1.00 bits per heavy atom. The third-order valence-electron chi connectivity index (χ3n) is 0. The summed E-state index contributed by atoms with van der Waals surface area (Å²) >= 11 is 0. The quantitative estimate of drug-likeness (QED) is 0.270. The van der Waals surface area contributed by atoms with Crippen LogP contribution in [0.15, 0.2) is 0 Å². The van der Waals surface area contributed by atoms with E-state index in [0.717, 1.165) is 0 Å². The van der Waals surface area contributed by atoms with E-state index in [4.69, 9.17) is 0 Å². The third-order valence-corrected chi connectivity index (χ3v) is 0. The van der Waals surface area contributed by atoms with Gasteiger partial charge in [-0.1, -0.05) is 0 Å². The number of rotatable bonds is 0. The van der Waals surface area contributed by atoms with Crippen molar-refractivity contribution in [2.45, 2.75) is 0 Å². The van der Waals surface area contributed by atoms with Gasteiger partial charge in [0.15, 0.2) is 0 Å². The maximum atomic E-state index is 0. The summed E-state index contributed by atoms with van der Waals surface area (Å²) in [6, 6.07) is 0. The molecule has 4 heteroatoms. The van der Waals surface area contributed by atoms with Gasteiger partial charge in [-0.15, -0.1) is 0 Å². The second kappa shape index (κ2) is 29.1. The average molecular weight is 91.8 g/mol. The molecule has 0 amide bonds. The summed E-state index contributed by atoms with van der Waals surface area (Å²) < 4.78 is 0. The van der Waals surface area contributed by atoms with Crippen molar-refractivity contribution in [1.82, 2.24) is 0 Å². The minimum Gasteiger partial charge on any atom is -1.00 e. The van der Waals surface area contributed by atoms with Crippen LogP contribution in [-0.2, 0) is 21.7 Å². The van der Waals surface area contributed by atoms with Gasteiger partial charge in [-0.25, -0.2) is 0 Å². The number of hydrogen-bond acceptors (Lipinski definition) is 0. The van der Waals surface area contributed by atoms with Crippen LogP contribution in [0.1, 0.15) is 1.43 Å². The molecular formula is H5LiO2Ti. The molecule has 0 radical (unpaired) electrons. The molecule has 0 bridgehead atoms. The minimum atomic E-state index is 0.